The normalized spacial score (nSPS) is 10.4. The highest BCUT2D eigenvalue weighted by atomic mass is 35.5. The zero-order valence-corrected chi connectivity index (χ0v) is 15.9. The maximum atomic E-state index is 12.5. The van der Waals surface area contributed by atoms with E-state index in [2.05, 4.69) is 5.32 Å². The Hall–Kier alpha value is -3.58. The minimum Gasteiger partial charge on any atom is -0.502 e. The number of benzene rings is 3. The fourth-order valence-corrected chi connectivity index (χ4v) is 2.90. The van der Waals surface area contributed by atoms with E-state index < -0.39 is 22.3 Å². The summed E-state index contributed by atoms with van der Waals surface area (Å²) >= 11 is 5.83. The van der Waals surface area contributed by atoms with Crippen molar-refractivity contribution in [2.45, 2.75) is 6.42 Å². The third-order valence-corrected chi connectivity index (χ3v) is 4.31. The number of amides is 1. The summed E-state index contributed by atoms with van der Waals surface area (Å²) in [5.74, 6) is -0.915. The topological polar surface area (TPSA) is 102 Å². The number of nitro groups is 1. The molecule has 7 nitrogen and oxygen atoms in total. The van der Waals surface area contributed by atoms with Crippen LogP contribution < -0.4 is 10.1 Å². The number of nitrogens with one attached hydrogen (secondary N) is 1. The number of hydrogen-bond acceptors (Lipinski definition) is 5. The van der Waals surface area contributed by atoms with Crippen molar-refractivity contribution in [2.75, 3.05) is 11.9 Å². The Bertz CT molecular complexity index is 1040. The summed E-state index contributed by atoms with van der Waals surface area (Å²) in [6.07, 6.45) is 0.734. The molecule has 0 saturated heterocycles. The van der Waals surface area contributed by atoms with Crippen molar-refractivity contribution in [1.82, 2.24) is 0 Å². The number of hydrogen-bond donors (Lipinski definition) is 2. The van der Waals surface area contributed by atoms with Crippen LogP contribution in [0.4, 0.5) is 11.4 Å². The van der Waals surface area contributed by atoms with Gasteiger partial charge in [0.05, 0.1) is 17.1 Å². The molecule has 0 aliphatic rings. The highest BCUT2D eigenvalue weighted by molar-refractivity contribution is 6.31. The lowest BCUT2D eigenvalue weighted by Gasteiger charge is -2.10. The average molecular weight is 413 g/mol. The third kappa shape index (κ3) is 5.24. The van der Waals surface area contributed by atoms with Gasteiger partial charge in [-0.05, 0) is 23.8 Å². The van der Waals surface area contributed by atoms with Crippen molar-refractivity contribution < 1.29 is 19.6 Å². The van der Waals surface area contributed by atoms with Crippen LogP contribution in [0.1, 0.15) is 15.9 Å². The molecule has 0 atom stereocenters. The Morgan fingerprint density at radius 1 is 1.10 bits per heavy atom. The molecular weight excluding hydrogens is 396 g/mol. The molecule has 0 bridgehead atoms. The number of aromatic hydroxyl groups is 1. The molecule has 0 radical (unpaired) electrons. The lowest BCUT2D eigenvalue weighted by atomic mass is 10.1. The van der Waals surface area contributed by atoms with E-state index >= 15 is 0 Å². The number of phenolic OH excluding ortho intramolecular Hbond substituents is 1. The molecule has 3 aromatic rings. The Labute approximate surface area is 171 Å². The van der Waals surface area contributed by atoms with Gasteiger partial charge in [-0.15, -0.1) is 0 Å². The zero-order valence-electron chi connectivity index (χ0n) is 15.2. The van der Waals surface area contributed by atoms with Gasteiger partial charge in [-0.1, -0.05) is 48.0 Å². The smallest absolute Gasteiger partial charge is 0.313 e. The molecule has 0 saturated carbocycles. The number of nitrogens with zero attached hydrogens (tertiary/aromatic N) is 1. The summed E-state index contributed by atoms with van der Waals surface area (Å²) in [4.78, 5) is 22.7. The monoisotopic (exact) mass is 412 g/mol. The number of rotatable bonds is 7. The fraction of sp³-hybridized carbons (Fsp3) is 0.0952. The molecule has 0 aliphatic carbocycles. The van der Waals surface area contributed by atoms with Crippen molar-refractivity contribution in [3.05, 3.63) is 93.0 Å². The van der Waals surface area contributed by atoms with Crippen LogP contribution in [-0.2, 0) is 6.42 Å². The van der Waals surface area contributed by atoms with E-state index in [1.807, 2.05) is 30.3 Å². The first-order chi connectivity index (χ1) is 13.9. The molecule has 0 unspecified atom stereocenters. The summed E-state index contributed by atoms with van der Waals surface area (Å²) in [7, 11) is 0. The predicted molar refractivity (Wildman–Crippen MR) is 110 cm³/mol. The first-order valence-corrected chi connectivity index (χ1v) is 9.07. The van der Waals surface area contributed by atoms with Crippen LogP contribution in [0.3, 0.4) is 0 Å². The van der Waals surface area contributed by atoms with Gasteiger partial charge in [0.25, 0.3) is 5.91 Å². The van der Waals surface area contributed by atoms with Gasteiger partial charge < -0.3 is 15.2 Å². The van der Waals surface area contributed by atoms with Crippen molar-refractivity contribution >= 4 is 28.9 Å². The Morgan fingerprint density at radius 3 is 2.59 bits per heavy atom. The van der Waals surface area contributed by atoms with Crippen LogP contribution in [0.2, 0.25) is 5.02 Å². The summed E-state index contributed by atoms with van der Waals surface area (Å²) in [5, 5.41) is 23.6. The maximum Gasteiger partial charge on any atom is 0.313 e. The van der Waals surface area contributed by atoms with Gasteiger partial charge in [-0.3, -0.25) is 14.9 Å². The van der Waals surface area contributed by atoms with Gasteiger partial charge in [0.2, 0.25) is 5.75 Å². The van der Waals surface area contributed by atoms with E-state index in [0.717, 1.165) is 18.1 Å². The second-order valence-corrected chi connectivity index (χ2v) is 6.58. The Kier molecular flexibility index (Phi) is 6.31. The van der Waals surface area contributed by atoms with Gasteiger partial charge in [-0.25, -0.2) is 0 Å². The summed E-state index contributed by atoms with van der Waals surface area (Å²) in [6, 6.07) is 18.7. The van der Waals surface area contributed by atoms with Crippen LogP contribution in [0.15, 0.2) is 66.7 Å². The molecule has 3 aromatic carbocycles. The van der Waals surface area contributed by atoms with E-state index in [-0.39, 0.29) is 10.6 Å². The SMILES string of the molecule is O=C(Nc1cccc(OCCc2ccccc2)c1)c1cc(Cl)cc([N+](=O)[O-])c1O. The molecule has 0 fully saturated rings. The lowest BCUT2D eigenvalue weighted by Crippen LogP contribution is -2.13. The summed E-state index contributed by atoms with van der Waals surface area (Å²) in [6.45, 7) is 0.461. The van der Waals surface area contributed by atoms with E-state index in [1.165, 1.54) is 6.07 Å². The highest BCUT2D eigenvalue weighted by Crippen LogP contribution is 2.33. The molecule has 1 amide bonds. The van der Waals surface area contributed by atoms with Gasteiger partial charge >= 0.3 is 5.69 Å². The Morgan fingerprint density at radius 2 is 1.86 bits per heavy atom. The predicted octanol–water partition coefficient (Wildman–Crippen LogP) is 4.83. The quantitative estimate of drug-likeness (QED) is 0.427. The number of nitro benzene ring substituents is 1. The third-order valence-electron chi connectivity index (χ3n) is 4.09. The second kappa shape index (κ2) is 9.07. The first-order valence-electron chi connectivity index (χ1n) is 8.69. The summed E-state index contributed by atoms with van der Waals surface area (Å²) in [5.41, 5.74) is 0.629. The number of anilines is 1. The molecule has 3 rings (SSSR count). The number of phenols is 1. The standard InChI is InChI=1S/C21H17ClN2O5/c22-15-11-18(20(25)19(12-15)24(27)28)21(26)23-16-7-4-8-17(13-16)29-10-9-14-5-2-1-3-6-14/h1-8,11-13,25H,9-10H2,(H,23,26). The largest absolute Gasteiger partial charge is 0.502 e. The molecule has 0 heterocycles. The molecule has 2 N–H and O–H groups in total. The second-order valence-electron chi connectivity index (χ2n) is 6.14. The number of halogens is 1. The molecule has 29 heavy (non-hydrogen) atoms. The average Bonchev–Trinajstić information content (AvgIpc) is 2.70. The van der Waals surface area contributed by atoms with Gasteiger partial charge in [0.15, 0.2) is 0 Å². The van der Waals surface area contributed by atoms with Crippen LogP contribution in [0.25, 0.3) is 0 Å². The van der Waals surface area contributed by atoms with Crippen molar-refractivity contribution in [3.8, 4) is 11.5 Å². The van der Waals surface area contributed by atoms with E-state index in [4.69, 9.17) is 16.3 Å². The lowest BCUT2D eigenvalue weighted by molar-refractivity contribution is -0.385. The zero-order chi connectivity index (χ0) is 20.8. The van der Waals surface area contributed by atoms with E-state index in [0.29, 0.717) is 18.0 Å². The summed E-state index contributed by atoms with van der Waals surface area (Å²) < 4.78 is 5.72. The highest BCUT2D eigenvalue weighted by Gasteiger charge is 2.23. The minimum absolute atomic E-state index is 0.0300. The molecule has 0 aliphatic heterocycles. The van der Waals surface area contributed by atoms with Crippen LogP contribution >= 0.6 is 11.6 Å². The van der Waals surface area contributed by atoms with Gasteiger partial charge in [-0.2, -0.15) is 0 Å². The van der Waals surface area contributed by atoms with Crippen LogP contribution in [0, 0.1) is 10.1 Å². The van der Waals surface area contributed by atoms with Crippen molar-refractivity contribution in [3.63, 3.8) is 0 Å². The first kappa shape index (κ1) is 20.2. The van der Waals surface area contributed by atoms with Gasteiger partial charge in [0.1, 0.15) is 5.75 Å². The number of carbonyl (C=O) groups excluding carboxylic acids is 1. The van der Waals surface area contributed by atoms with Crippen LogP contribution in [-0.4, -0.2) is 22.5 Å². The maximum absolute atomic E-state index is 12.5. The molecule has 0 spiro atoms. The van der Waals surface area contributed by atoms with Crippen molar-refractivity contribution in [1.29, 1.82) is 0 Å². The number of ether oxygens (including phenoxy) is 1. The van der Waals surface area contributed by atoms with E-state index in [1.54, 1.807) is 24.3 Å². The van der Waals surface area contributed by atoms with Crippen LogP contribution in [0.5, 0.6) is 11.5 Å². The fourth-order valence-electron chi connectivity index (χ4n) is 2.69. The van der Waals surface area contributed by atoms with Gasteiger partial charge in [0, 0.05) is 29.3 Å². The Balaban J connectivity index is 1.68. The minimum atomic E-state index is -0.806. The molecule has 148 valence electrons. The molecule has 0 aromatic heterocycles. The van der Waals surface area contributed by atoms with Crippen molar-refractivity contribution in [2.24, 2.45) is 0 Å². The number of carbonyl (C=O) groups is 1. The molecule has 8 heteroatoms. The van der Waals surface area contributed by atoms with E-state index in [9.17, 15) is 20.0 Å². The molecular formula is C21H17ClN2O5.